The fourth-order valence-electron chi connectivity index (χ4n) is 1.50. The van der Waals surface area contributed by atoms with Crippen LogP contribution in [0.5, 0.6) is 5.75 Å². The first-order chi connectivity index (χ1) is 7.70. The summed E-state index contributed by atoms with van der Waals surface area (Å²) in [7, 11) is 0. The molecule has 1 heterocycles. The number of pyridine rings is 1. The lowest BCUT2D eigenvalue weighted by atomic mass is 10.0. The lowest BCUT2D eigenvalue weighted by Gasteiger charge is -2.06. The van der Waals surface area contributed by atoms with E-state index in [-0.39, 0.29) is 11.3 Å². The van der Waals surface area contributed by atoms with Crippen LogP contribution in [0.4, 0.5) is 0 Å². The monoisotopic (exact) mass is 215 g/mol. The van der Waals surface area contributed by atoms with E-state index in [2.05, 4.69) is 4.98 Å². The molecule has 16 heavy (non-hydrogen) atoms. The highest BCUT2D eigenvalue weighted by molar-refractivity contribution is 5.98. The Bertz CT molecular complexity index is 523. The molecule has 0 saturated carbocycles. The van der Waals surface area contributed by atoms with E-state index in [4.69, 9.17) is 5.11 Å². The van der Waals surface area contributed by atoms with Crippen LogP contribution in [0.15, 0.2) is 42.6 Å². The van der Waals surface area contributed by atoms with Gasteiger partial charge < -0.3 is 10.2 Å². The van der Waals surface area contributed by atoms with Crippen molar-refractivity contribution in [3.05, 3.63) is 48.2 Å². The third kappa shape index (κ3) is 1.72. The minimum absolute atomic E-state index is 0.124. The molecule has 1 aromatic heterocycles. The van der Waals surface area contributed by atoms with E-state index >= 15 is 0 Å². The maximum atomic E-state index is 11.0. The number of hydrogen-bond donors (Lipinski definition) is 2. The SMILES string of the molecule is O=C(O)c1c(O)cccc1-c1ccccn1. The van der Waals surface area contributed by atoms with Gasteiger partial charge in [0.05, 0.1) is 5.69 Å². The Morgan fingerprint density at radius 2 is 1.94 bits per heavy atom. The average molecular weight is 215 g/mol. The van der Waals surface area contributed by atoms with Gasteiger partial charge in [-0.2, -0.15) is 0 Å². The van der Waals surface area contributed by atoms with Gasteiger partial charge in [0.25, 0.3) is 0 Å². The Labute approximate surface area is 91.8 Å². The molecule has 0 bridgehead atoms. The van der Waals surface area contributed by atoms with Gasteiger partial charge in [-0.25, -0.2) is 4.79 Å². The van der Waals surface area contributed by atoms with Crippen molar-refractivity contribution in [3.8, 4) is 17.0 Å². The summed E-state index contributed by atoms with van der Waals surface area (Å²) in [5.74, 6) is -1.42. The van der Waals surface area contributed by atoms with Gasteiger partial charge in [0.15, 0.2) is 0 Å². The maximum Gasteiger partial charge on any atom is 0.340 e. The molecule has 1 aromatic carbocycles. The number of aromatic carboxylic acids is 1. The molecule has 0 amide bonds. The summed E-state index contributed by atoms with van der Waals surface area (Å²) in [4.78, 5) is 15.1. The molecule has 80 valence electrons. The summed E-state index contributed by atoms with van der Waals surface area (Å²) in [5.41, 5.74) is 0.810. The van der Waals surface area contributed by atoms with Gasteiger partial charge in [0, 0.05) is 11.8 Å². The number of carboxylic acids is 1. The molecule has 0 aliphatic carbocycles. The van der Waals surface area contributed by atoms with Crippen LogP contribution in [0, 0.1) is 0 Å². The molecule has 0 aliphatic rings. The van der Waals surface area contributed by atoms with Crippen molar-refractivity contribution in [1.82, 2.24) is 4.98 Å². The number of aromatic nitrogens is 1. The zero-order valence-electron chi connectivity index (χ0n) is 8.29. The van der Waals surface area contributed by atoms with Crippen LogP contribution in [0.25, 0.3) is 11.3 Å². The van der Waals surface area contributed by atoms with Crippen molar-refractivity contribution in [1.29, 1.82) is 0 Å². The number of rotatable bonds is 2. The highest BCUT2D eigenvalue weighted by atomic mass is 16.4. The molecule has 0 saturated heterocycles. The van der Waals surface area contributed by atoms with Gasteiger partial charge in [-0.1, -0.05) is 18.2 Å². The first-order valence-electron chi connectivity index (χ1n) is 4.67. The average Bonchev–Trinajstić information content (AvgIpc) is 2.29. The minimum Gasteiger partial charge on any atom is -0.507 e. The first kappa shape index (κ1) is 10.2. The molecule has 0 radical (unpaired) electrons. The van der Waals surface area contributed by atoms with Crippen molar-refractivity contribution in [3.63, 3.8) is 0 Å². The normalized spacial score (nSPS) is 10.0. The van der Waals surface area contributed by atoms with Crippen molar-refractivity contribution in [2.75, 3.05) is 0 Å². The van der Waals surface area contributed by atoms with Gasteiger partial charge in [0.1, 0.15) is 11.3 Å². The van der Waals surface area contributed by atoms with E-state index in [1.165, 1.54) is 6.07 Å². The Morgan fingerprint density at radius 3 is 2.56 bits per heavy atom. The topological polar surface area (TPSA) is 70.4 Å². The molecule has 0 aliphatic heterocycles. The Balaban J connectivity index is 2.66. The molecule has 0 fully saturated rings. The lowest BCUT2D eigenvalue weighted by Crippen LogP contribution is -2.00. The van der Waals surface area contributed by atoms with Crippen LogP contribution < -0.4 is 0 Å². The number of carbonyl (C=O) groups is 1. The molecule has 0 spiro atoms. The highest BCUT2D eigenvalue weighted by Gasteiger charge is 2.16. The molecule has 0 unspecified atom stereocenters. The Hall–Kier alpha value is -2.36. The second kappa shape index (κ2) is 4.02. The third-order valence-electron chi connectivity index (χ3n) is 2.20. The summed E-state index contributed by atoms with van der Waals surface area (Å²) < 4.78 is 0. The van der Waals surface area contributed by atoms with E-state index in [9.17, 15) is 9.90 Å². The fourth-order valence-corrected chi connectivity index (χ4v) is 1.50. The smallest absolute Gasteiger partial charge is 0.340 e. The summed E-state index contributed by atoms with van der Waals surface area (Å²) >= 11 is 0. The molecule has 4 nitrogen and oxygen atoms in total. The predicted octanol–water partition coefficient (Wildman–Crippen LogP) is 2.15. The van der Waals surface area contributed by atoms with Gasteiger partial charge in [-0.15, -0.1) is 0 Å². The lowest BCUT2D eigenvalue weighted by molar-refractivity contribution is 0.0694. The standard InChI is InChI=1S/C12H9NO3/c14-10-6-3-4-8(11(10)12(15)16)9-5-1-2-7-13-9/h1-7,14H,(H,15,16). The quantitative estimate of drug-likeness (QED) is 0.805. The van der Waals surface area contributed by atoms with Crippen LogP contribution in [0.2, 0.25) is 0 Å². The second-order valence-electron chi connectivity index (χ2n) is 3.22. The Kier molecular flexibility index (Phi) is 2.55. The summed E-state index contributed by atoms with van der Waals surface area (Å²) in [6.07, 6.45) is 1.57. The van der Waals surface area contributed by atoms with E-state index in [0.29, 0.717) is 11.3 Å². The Morgan fingerprint density at radius 1 is 1.12 bits per heavy atom. The molecule has 0 atom stereocenters. The van der Waals surface area contributed by atoms with E-state index < -0.39 is 5.97 Å². The zero-order valence-corrected chi connectivity index (χ0v) is 8.29. The highest BCUT2D eigenvalue weighted by Crippen LogP contribution is 2.28. The zero-order chi connectivity index (χ0) is 11.5. The largest absolute Gasteiger partial charge is 0.507 e. The van der Waals surface area contributed by atoms with Crippen molar-refractivity contribution in [2.45, 2.75) is 0 Å². The third-order valence-corrected chi connectivity index (χ3v) is 2.20. The van der Waals surface area contributed by atoms with Crippen LogP contribution in [-0.4, -0.2) is 21.2 Å². The van der Waals surface area contributed by atoms with Crippen LogP contribution >= 0.6 is 0 Å². The maximum absolute atomic E-state index is 11.0. The number of carboxylic acid groups (broad SMARTS) is 1. The van der Waals surface area contributed by atoms with Gasteiger partial charge in [-0.3, -0.25) is 4.98 Å². The van der Waals surface area contributed by atoms with E-state index in [0.717, 1.165) is 0 Å². The minimum atomic E-state index is -1.17. The fraction of sp³-hybridized carbons (Fsp3) is 0. The number of nitrogens with zero attached hydrogens (tertiary/aromatic N) is 1. The number of aromatic hydroxyl groups is 1. The molecule has 4 heteroatoms. The predicted molar refractivity (Wildman–Crippen MR) is 58.3 cm³/mol. The molecule has 2 rings (SSSR count). The number of benzene rings is 1. The molecular formula is C12H9NO3. The van der Waals surface area contributed by atoms with Gasteiger partial charge in [-0.05, 0) is 18.2 Å². The molecular weight excluding hydrogens is 206 g/mol. The van der Waals surface area contributed by atoms with E-state index in [1.807, 2.05) is 0 Å². The molecule has 2 N–H and O–H groups in total. The van der Waals surface area contributed by atoms with Crippen LogP contribution in [-0.2, 0) is 0 Å². The van der Waals surface area contributed by atoms with E-state index in [1.54, 1.807) is 36.5 Å². The molecule has 2 aromatic rings. The van der Waals surface area contributed by atoms with Crippen LogP contribution in [0.3, 0.4) is 0 Å². The van der Waals surface area contributed by atoms with Crippen LogP contribution in [0.1, 0.15) is 10.4 Å². The van der Waals surface area contributed by atoms with Gasteiger partial charge in [0.2, 0.25) is 0 Å². The number of phenols is 1. The van der Waals surface area contributed by atoms with Crippen molar-refractivity contribution >= 4 is 5.97 Å². The van der Waals surface area contributed by atoms with Gasteiger partial charge >= 0.3 is 5.97 Å². The summed E-state index contributed by atoms with van der Waals surface area (Å²) in [5, 5.41) is 18.5. The summed E-state index contributed by atoms with van der Waals surface area (Å²) in [6.45, 7) is 0. The number of hydrogen-bond acceptors (Lipinski definition) is 3. The van der Waals surface area contributed by atoms with Crippen molar-refractivity contribution < 1.29 is 15.0 Å². The van der Waals surface area contributed by atoms with Crippen molar-refractivity contribution in [2.24, 2.45) is 0 Å². The first-order valence-corrected chi connectivity index (χ1v) is 4.67. The second-order valence-corrected chi connectivity index (χ2v) is 3.22. The summed E-state index contributed by atoms with van der Waals surface area (Å²) in [6, 6.07) is 9.75.